The predicted molar refractivity (Wildman–Crippen MR) is 184 cm³/mol. The van der Waals surface area contributed by atoms with Crippen molar-refractivity contribution >= 4 is 44.3 Å². The van der Waals surface area contributed by atoms with Crippen molar-refractivity contribution in [3.05, 3.63) is 67.0 Å². The topological polar surface area (TPSA) is 169 Å². The van der Waals surface area contributed by atoms with Crippen LogP contribution >= 0.6 is 0 Å². The number of anilines is 1. The molecule has 1 saturated heterocycles. The Morgan fingerprint density at radius 2 is 1.83 bits per heavy atom. The maximum Gasteiger partial charge on any atom is 0.416 e. The lowest BCUT2D eigenvalue weighted by Gasteiger charge is -2.32. The molecule has 1 aromatic carbocycles. The van der Waals surface area contributed by atoms with Gasteiger partial charge in [0.15, 0.2) is 0 Å². The second kappa shape index (κ2) is 14.0. The van der Waals surface area contributed by atoms with Gasteiger partial charge in [-0.3, -0.25) is 29.3 Å². The smallest absolute Gasteiger partial charge is 0.416 e. The van der Waals surface area contributed by atoms with E-state index in [0.717, 1.165) is 23.7 Å². The highest BCUT2D eigenvalue weighted by Crippen LogP contribution is 2.53. The molecular formula is C35H39F3N6O7S. The summed E-state index contributed by atoms with van der Waals surface area (Å²) < 4.78 is 79.7. The summed E-state index contributed by atoms with van der Waals surface area (Å²) >= 11 is 0. The first-order valence-corrected chi connectivity index (χ1v) is 18.3. The fourth-order valence-corrected chi connectivity index (χ4v) is 8.06. The van der Waals surface area contributed by atoms with Gasteiger partial charge in [0, 0.05) is 36.7 Å². The zero-order valence-electron chi connectivity index (χ0n) is 28.6. The van der Waals surface area contributed by atoms with Crippen molar-refractivity contribution < 1.29 is 45.4 Å². The van der Waals surface area contributed by atoms with E-state index >= 15 is 0 Å². The summed E-state index contributed by atoms with van der Waals surface area (Å²) in [5.74, 6) is -2.81. The van der Waals surface area contributed by atoms with Crippen LogP contribution < -0.4 is 24.8 Å². The minimum absolute atomic E-state index is 0.0122. The summed E-state index contributed by atoms with van der Waals surface area (Å²) in [5, 5.41) is 5.84. The molecule has 1 unspecified atom stereocenters. The summed E-state index contributed by atoms with van der Waals surface area (Å²) in [6.07, 6.45) is -0.339. The lowest BCUT2D eigenvalue weighted by atomic mass is 10.0. The highest BCUT2D eigenvalue weighted by Gasteiger charge is 2.67. The summed E-state index contributed by atoms with van der Waals surface area (Å²) in [6.45, 7) is 7.10. The van der Waals surface area contributed by atoms with Crippen LogP contribution in [-0.4, -0.2) is 83.6 Å². The number of imide groups is 1. The Hall–Kier alpha value is -4.77. The molecule has 2 aliphatic carbocycles. The molecule has 2 aromatic heterocycles. The number of sulfonamides is 1. The van der Waals surface area contributed by atoms with E-state index in [2.05, 4.69) is 31.9 Å². The molecule has 52 heavy (non-hydrogen) atoms. The first kappa shape index (κ1) is 37.0. The molecule has 3 fully saturated rings. The van der Waals surface area contributed by atoms with Gasteiger partial charge in [-0.2, -0.15) is 13.2 Å². The normalized spacial score (nSPS) is 23.9. The van der Waals surface area contributed by atoms with Gasteiger partial charge in [-0.25, -0.2) is 18.4 Å². The van der Waals surface area contributed by atoms with Crippen molar-refractivity contribution in [2.75, 3.05) is 19.0 Å². The van der Waals surface area contributed by atoms with Crippen LogP contribution in [0.3, 0.4) is 0 Å². The number of fused-ring (bicyclic) bond motifs is 1. The van der Waals surface area contributed by atoms with Crippen molar-refractivity contribution in [2.24, 2.45) is 11.8 Å². The van der Waals surface area contributed by atoms with Gasteiger partial charge in [0.1, 0.15) is 29.3 Å². The largest absolute Gasteiger partial charge is 0.497 e. The van der Waals surface area contributed by atoms with Crippen molar-refractivity contribution in [3.8, 4) is 11.6 Å². The number of carbonyl (C=O) groups is 3. The maximum absolute atomic E-state index is 14.1. The number of benzene rings is 1. The van der Waals surface area contributed by atoms with Crippen LogP contribution in [0.2, 0.25) is 0 Å². The Morgan fingerprint density at radius 3 is 2.46 bits per heavy atom. The number of pyridine rings is 2. The van der Waals surface area contributed by atoms with Crippen LogP contribution in [0.15, 0.2) is 61.4 Å². The van der Waals surface area contributed by atoms with Crippen molar-refractivity contribution in [1.29, 1.82) is 0 Å². The van der Waals surface area contributed by atoms with Crippen LogP contribution in [0.25, 0.3) is 10.8 Å². The second-order valence-electron chi connectivity index (χ2n) is 13.6. The number of ether oxygens (including phenoxy) is 2. The number of alkyl halides is 3. The van der Waals surface area contributed by atoms with Crippen LogP contribution in [0.5, 0.6) is 11.6 Å². The molecule has 1 aliphatic heterocycles. The van der Waals surface area contributed by atoms with E-state index in [-0.39, 0.29) is 31.1 Å². The van der Waals surface area contributed by atoms with Gasteiger partial charge in [-0.1, -0.05) is 19.9 Å². The molecule has 3 N–H and O–H groups in total. The zero-order valence-corrected chi connectivity index (χ0v) is 29.5. The summed E-state index contributed by atoms with van der Waals surface area (Å²) in [5.41, 5.74) is -2.45. The Bertz CT molecular complexity index is 2010. The Kier molecular flexibility index (Phi) is 9.95. The minimum Gasteiger partial charge on any atom is -0.497 e. The van der Waals surface area contributed by atoms with E-state index < -0.39 is 80.3 Å². The molecule has 13 nitrogen and oxygen atoms in total. The summed E-state index contributed by atoms with van der Waals surface area (Å²) in [7, 11) is -2.41. The third-order valence-electron chi connectivity index (χ3n) is 9.74. The predicted octanol–water partition coefficient (Wildman–Crippen LogP) is 3.81. The van der Waals surface area contributed by atoms with Gasteiger partial charge in [0.2, 0.25) is 27.7 Å². The van der Waals surface area contributed by atoms with Crippen LogP contribution in [0, 0.1) is 11.8 Å². The van der Waals surface area contributed by atoms with Crippen LogP contribution in [-0.2, 0) is 30.6 Å². The number of amides is 3. The number of rotatable bonds is 13. The molecule has 17 heteroatoms. The maximum atomic E-state index is 14.1. The van der Waals surface area contributed by atoms with E-state index in [9.17, 15) is 36.0 Å². The van der Waals surface area contributed by atoms with Gasteiger partial charge in [-0.15, -0.1) is 6.58 Å². The summed E-state index contributed by atoms with van der Waals surface area (Å²) in [4.78, 5) is 51.4. The monoisotopic (exact) mass is 744 g/mol. The molecule has 0 bridgehead atoms. The average molecular weight is 745 g/mol. The fraction of sp³-hybridized carbons (Fsp3) is 0.457. The van der Waals surface area contributed by atoms with E-state index in [4.69, 9.17) is 9.47 Å². The highest BCUT2D eigenvalue weighted by molar-refractivity contribution is 7.91. The molecule has 3 amide bonds. The van der Waals surface area contributed by atoms with Gasteiger partial charge in [0.05, 0.1) is 24.0 Å². The van der Waals surface area contributed by atoms with E-state index in [1.54, 1.807) is 56.3 Å². The second-order valence-corrected chi connectivity index (χ2v) is 15.6. The van der Waals surface area contributed by atoms with Gasteiger partial charge in [0.25, 0.3) is 5.91 Å². The quantitative estimate of drug-likeness (QED) is 0.218. The molecule has 278 valence electrons. The molecule has 2 saturated carbocycles. The number of aromatic nitrogens is 2. The van der Waals surface area contributed by atoms with E-state index in [1.807, 2.05) is 0 Å². The van der Waals surface area contributed by atoms with Gasteiger partial charge >= 0.3 is 6.18 Å². The molecule has 0 radical (unpaired) electrons. The van der Waals surface area contributed by atoms with Crippen molar-refractivity contribution in [1.82, 2.24) is 24.9 Å². The lowest BCUT2D eigenvalue weighted by Crippen LogP contribution is -2.58. The number of nitrogens with zero attached hydrogens (tertiary/aromatic N) is 3. The minimum atomic E-state index is -4.64. The third-order valence-corrected chi connectivity index (χ3v) is 11.6. The number of hydrogen-bond acceptors (Lipinski definition) is 11. The molecule has 0 spiro atoms. The number of carbonyl (C=O) groups excluding carboxylic acids is 3. The average Bonchev–Trinajstić information content (AvgIpc) is 4.03. The number of hydrogen-bond donors (Lipinski definition) is 3. The standard InChI is InChI=1S/C35H39F3N6O7S/c1-5-21-17-34(21,33(47)43-52(48,49)25-7-8-25)44-18-24(51-32-26-9-6-23(50-4)14-20(26)10-12-40-32)16-27(44)30(45)42-31(46)29(19(2)3)41-28-15-22(11-13-39-28)35(36,37)38/h5-6,9-15,19,21,24-25,27,29H,1,7-8,16-18H2,2-4H3,(H,39,41)(H,43,47)(H,42,45,46)/t21-,24-,27+,29?,34-/m1/s1. The van der Waals surface area contributed by atoms with Gasteiger partial charge in [-0.05, 0) is 67.0 Å². The Balaban J connectivity index is 1.28. The SMILES string of the molecule is C=C[C@@H]1C[C@@]1(C(=O)NS(=O)(=O)C1CC1)N1C[C@H](Oc2nccc3cc(OC)ccc23)C[C@H]1C(=O)NC(=O)C(Nc1cc(C(F)(F)F)ccn1)C(C)C. The van der Waals surface area contributed by atoms with Crippen molar-refractivity contribution in [3.63, 3.8) is 0 Å². The van der Waals surface area contributed by atoms with Crippen LogP contribution in [0.4, 0.5) is 19.0 Å². The lowest BCUT2D eigenvalue weighted by molar-refractivity contribution is -0.138. The number of halogens is 3. The summed E-state index contributed by atoms with van der Waals surface area (Å²) in [6, 6.07) is 6.32. The number of methoxy groups -OCH3 is 1. The Morgan fingerprint density at radius 1 is 1.10 bits per heavy atom. The van der Waals surface area contributed by atoms with E-state index in [1.165, 1.54) is 6.08 Å². The first-order chi connectivity index (χ1) is 24.6. The van der Waals surface area contributed by atoms with Gasteiger partial charge < -0.3 is 14.8 Å². The first-order valence-electron chi connectivity index (χ1n) is 16.8. The number of nitrogens with one attached hydrogen (secondary N) is 3. The highest BCUT2D eigenvalue weighted by atomic mass is 32.2. The number of likely N-dealkylation sites (tertiary alicyclic amines) is 1. The molecule has 6 rings (SSSR count). The van der Waals surface area contributed by atoms with Crippen molar-refractivity contribution in [2.45, 2.75) is 74.7 Å². The molecule has 5 atom stereocenters. The Labute approximate surface area is 298 Å². The fourth-order valence-electron chi connectivity index (χ4n) is 6.70. The van der Waals surface area contributed by atoms with Crippen LogP contribution in [0.1, 0.15) is 45.1 Å². The molecular weight excluding hydrogens is 705 g/mol. The zero-order chi connectivity index (χ0) is 37.6. The third kappa shape index (κ3) is 7.42. The van der Waals surface area contributed by atoms with E-state index in [0.29, 0.717) is 24.0 Å². The molecule has 3 aromatic rings. The molecule has 3 heterocycles. The molecule has 3 aliphatic rings.